The van der Waals surface area contributed by atoms with Crippen LogP contribution in [-0.4, -0.2) is 61.2 Å². The summed E-state index contributed by atoms with van der Waals surface area (Å²) in [5.41, 5.74) is 3.49. The van der Waals surface area contributed by atoms with Crippen LogP contribution in [0.25, 0.3) is 10.9 Å². The molecule has 0 unspecified atom stereocenters. The van der Waals surface area contributed by atoms with Crippen molar-refractivity contribution in [2.75, 3.05) is 38.0 Å². The Morgan fingerprint density at radius 3 is 2.50 bits per heavy atom. The number of anilines is 1. The second-order valence-electron chi connectivity index (χ2n) is 8.15. The molecule has 168 valence electrons. The van der Waals surface area contributed by atoms with Crippen LogP contribution in [0.2, 0.25) is 0 Å². The number of carbonyl (C=O) groups excluding carboxylic acids is 1. The zero-order valence-electron chi connectivity index (χ0n) is 18.6. The molecular weight excluding hydrogens is 424 g/mol. The van der Waals surface area contributed by atoms with Gasteiger partial charge in [0.1, 0.15) is 0 Å². The number of hydrogen-bond acceptors (Lipinski definition) is 5. The second-order valence-corrected chi connectivity index (χ2v) is 10.1. The highest BCUT2D eigenvalue weighted by molar-refractivity contribution is 7.89. The van der Waals surface area contributed by atoms with Crippen molar-refractivity contribution in [3.05, 3.63) is 65.4 Å². The first kappa shape index (κ1) is 22.4. The average Bonchev–Trinajstić information content (AvgIpc) is 2.79. The lowest BCUT2D eigenvalue weighted by atomic mass is 10.0. The van der Waals surface area contributed by atoms with Gasteiger partial charge in [-0.25, -0.2) is 8.42 Å². The molecule has 1 fully saturated rings. The second kappa shape index (κ2) is 8.97. The molecule has 1 amide bonds. The maximum absolute atomic E-state index is 13.1. The van der Waals surface area contributed by atoms with E-state index in [0.717, 1.165) is 41.8 Å². The van der Waals surface area contributed by atoms with E-state index in [4.69, 9.17) is 0 Å². The van der Waals surface area contributed by atoms with Gasteiger partial charge < -0.3 is 10.2 Å². The Balaban J connectivity index is 1.59. The number of carbonyl (C=O) groups is 1. The van der Waals surface area contributed by atoms with Crippen molar-refractivity contribution in [3.63, 3.8) is 0 Å². The molecule has 0 bridgehead atoms. The van der Waals surface area contributed by atoms with Gasteiger partial charge in [0.15, 0.2) is 0 Å². The van der Waals surface area contributed by atoms with Crippen molar-refractivity contribution in [2.45, 2.75) is 25.7 Å². The summed E-state index contributed by atoms with van der Waals surface area (Å²) in [5, 5.41) is 3.64. The van der Waals surface area contributed by atoms with E-state index in [-0.39, 0.29) is 10.8 Å². The first-order chi connectivity index (χ1) is 15.3. The predicted molar refractivity (Wildman–Crippen MR) is 126 cm³/mol. The molecule has 2 aromatic carbocycles. The van der Waals surface area contributed by atoms with E-state index in [1.807, 2.05) is 32.0 Å². The van der Waals surface area contributed by atoms with Crippen molar-refractivity contribution in [1.29, 1.82) is 0 Å². The van der Waals surface area contributed by atoms with Crippen LogP contribution < -0.4 is 5.32 Å². The Morgan fingerprint density at radius 2 is 1.78 bits per heavy atom. The summed E-state index contributed by atoms with van der Waals surface area (Å²) in [6.45, 7) is 9.18. The summed E-state index contributed by atoms with van der Waals surface area (Å²) in [6, 6.07) is 14.0. The minimum absolute atomic E-state index is 0.187. The highest BCUT2D eigenvalue weighted by Gasteiger charge is 2.28. The van der Waals surface area contributed by atoms with Gasteiger partial charge in [0.05, 0.1) is 16.0 Å². The number of aryl methyl sites for hydroxylation is 2. The number of benzene rings is 2. The van der Waals surface area contributed by atoms with E-state index in [9.17, 15) is 13.2 Å². The lowest BCUT2D eigenvalue weighted by molar-refractivity contribution is 0.102. The third kappa shape index (κ3) is 4.53. The molecular formula is C24H28N4O3S. The number of pyridine rings is 1. The van der Waals surface area contributed by atoms with Crippen LogP contribution in [0.4, 0.5) is 5.69 Å². The fourth-order valence-corrected chi connectivity index (χ4v) is 5.50. The molecule has 32 heavy (non-hydrogen) atoms. The fraction of sp³-hybridized carbons (Fsp3) is 0.333. The summed E-state index contributed by atoms with van der Waals surface area (Å²) in [5.74, 6) is -0.294. The predicted octanol–water partition coefficient (Wildman–Crippen LogP) is 3.43. The molecule has 4 rings (SSSR count). The number of sulfonamides is 1. The number of nitrogens with one attached hydrogen (secondary N) is 1. The quantitative estimate of drug-likeness (QED) is 0.641. The molecule has 0 atom stereocenters. The SMILES string of the molecule is CCN1CCN(S(=O)(=O)c2cccc(NC(=O)c3cc(C)nc4ccc(C)cc34)c2)CC1. The van der Waals surface area contributed by atoms with Crippen LogP contribution >= 0.6 is 0 Å². The van der Waals surface area contributed by atoms with Gasteiger partial charge in [0.25, 0.3) is 5.91 Å². The Kier molecular flexibility index (Phi) is 6.28. The molecule has 1 saturated heterocycles. The van der Waals surface area contributed by atoms with Gasteiger partial charge in [-0.2, -0.15) is 4.31 Å². The minimum atomic E-state index is -3.62. The zero-order chi connectivity index (χ0) is 22.9. The molecule has 7 nitrogen and oxygen atoms in total. The Morgan fingerprint density at radius 1 is 1.03 bits per heavy atom. The number of fused-ring (bicyclic) bond motifs is 1. The topological polar surface area (TPSA) is 82.6 Å². The largest absolute Gasteiger partial charge is 0.322 e. The van der Waals surface area contributed by atoms with Gasteiger partial charge in [-0.05, 0) is 56.8 Å². The maximum Gasteiger partial charge on any atom is 0.256 e. The summed E-state index contributed by atoms with van der Waals surface area (Å²) < 4.78 is 27.8. The van der Waals surface area contributed by atoms with Crippen LogP contribution in [0, 0.1) is 13.8 Å². The van der Waals surface area contributed by atoms with Crippen molar-refractivity contribution in [3.8, 4) is 0 Å². The summed E-state index contributed by atoms with van der Waals surface area (Å²) >= 11 is 0. The van der Waals surface area contributed by atoms with Gasteiger partial charge in [-0.3, -0.25) is 9.78 Å². The minimum Gasteiger partial charge on any atom is -0.322 e. The summed E-state index contributed by atoms with van der Waals surface area (Å²) in [4.78, 5) is 20.0. The van der Waals surface area contributed by atoms with Crippen LogP contribution in [0.5, 0.6) is 0 Å². The molecule has 1 aliphatic heterocycles. The van der Waals surface area contributed by atoms with Gasteiger partial charge >= 0.3 is 0 Å². The zero-order valence-corrected chi connectivity index (χ0v) is 19.4. The van der Waals surface area contributed by atoms with Crippen LogP contribution in [0.1, 0.15) is 28.5 Å². The summed E-state index contributed by atoms with van der Waals surface area (Å²) in [7, 11) is -3.62. The molecule has 1 N–H and O–H groups in total. The van der Waals surface area contributed by atoms with E-state index < -0.39 is 10.0 Å². The molecule has 3 aromatic rings. The Hall–Kier alpha value is -2.81. The molecule has 0 saturated carbocycles. The van der Waals surface area contributed by atoms with Crippen LogP contribution in [0.3, 0.4) is 0 Å². The summed E-state index contributed by atoms with van der Waals surface area (Å²) in [6.07, 6.45) is 0. The monoisotopic (exact) mass is 452 g/mol. The molecule has 1 aliphatic rings. The molecule has 0 spiro atoms. The molecule has 0 aliphatic carbocycles. The van der Waals surface area contributed by atoms with E-state index >= 15 is 0 Å². The van der Waals surface area contributed by atoms with Crippen molar-refractivity contribution >= 4 is 32.5 Å². The van der Waals surface area contributed by atoms with Crippen LogP contribution in [0.15, 0.2) is 53.4 Å². The van der Waals surface area contributed by atoms with Crippen LogP contribution in [-0.2, 0) is 10.0 Å². The smallest absolute Gasteiger partial charge is 0.256 e. The van der Waals surface area contributed by atoms with Gasteiger partial charge in [-0.1, -0.05) is 24.6 Å². The van der Waals surface area contributed by atoms with Crippen molar-refractivity contribution in [1.82, 2.24) is 14.2 Å². The average molecular weight is 453 g/mol. The Bertz CT molecular complexity index is 1270. The maximum atomic E-state index is 13.1. The molecule has 2 heterocycles. The van der Waals surface area contributed by atoms with Crippen molar-refractivity contribution < 1.29 is 13.2 Å². The van der Waals surface area contributed by atoms with E-state index in [1.165, 1.54) is 10.4 Å². The highest BCUT2D eigenvalue weighted by atomic mass is 32.2. The molecule has 8 heteroatoms. The lowest BCUT2D eigenvalue weighted by Crippen LogP contribution is -2.48. The van der Waals surface area contributed by atoms with E-state index in [1.54, 1.807) is 24.3 Å². The number of rotatable bonds is 5. The number of nitrogens with zero attached hydrogens (tertiary/aromatic N) is 3. The van der Waals surface area contributed by atoms with E-state index in [2.05, 4.69) is 22.1 Å². The van der Waals surface area contributed by atoms with Gasteiger partial charge in [-0.15, -0.1) is 0 Å². The van der Waals surface area contributed by atoms with Gasteiger partial charge in [0.2, 0.25) is 10.0 Å². The van der Waals surface area contributed by atoms with Crippen molar-refractivity contribution in [2.24, 2.45) is 0 Å². The Labute approximate surface area is 189 Å². The number of amides is 1. The third-order valence-corrected chi connectivity index (χ3v) is 7.74. The van der Waals surface area contributed by atoms with E-state index in [0.29, 0.717) is 24.3 Å². The van der Waals surface area contributed by atoms with Gasteiger partial charge in [0, 0.05) is 42.9 Å². The molecule has 1 aromatic heterocycles. The first-order valence-electron chi connectivity index (χ1n) is 10.8. The lowest BCUT2D eigenvalue weighted by Gasteiger charge is -2.33. The fourth-order valence-electron chi connectivity index (χ4n) is 4.03. The first-order valence-corrected chi connectivity index (χ1v) is 12.2. The number of hydrogen-bond donors (Lipinski definition) is 1. The highest BCUT2D eigenvalue weighted by Crippen LogP contribution is 2.24. The number of likely N-dealkylation sites (N-methyl/N-ethyl adjacent to an activating group) is 1. The molecule has 0 radical (unpaired) electrons. The number of piperazine rings is 1. The normalized spacial score (nSPS) is 15.7. The number of aromatic nitrogens is 1. The standard InChI is InChI=1S/C24H28N4O3S/c1-4-27-10-12-28(13-11-27)32(30,31)20-7-5-6-19(16-20)26-24(29)22-15-18(3)25-23-9-8-17(2)14-21(22)23/h5-9,14-16H,4,10-13H2,1-3H3,(H,26,29). The third-order valence-electron chi connectivity index (χ3n) is 5.85.